The first-order valence-electron chi connectivity index (χ1n) is 11.7. The summed E-state index contributed by atoms with van der Waals surface area (Å²) in [4.78, 5) is 5.65. The van der Waals surface area contributed by atoms with Crippen LogP contribution in [-0.2, 0) is 20.4 Å². The maximum Gasteiger partial charge on any atom is 0.196 e. The quantitative estimate of drug-likeness (QED) is 0.222. The highest BCUT2D eigenvalue weighted by Crippen LogP contribution is 2.35. The van der Waals surface area contributed by atoms with Crippen LogP contribution in [0.25, 0.3) is 0 Å². The number of anilines is 1. The van der Waals surface area contributed by atoms with Crippen LogP contribution in [0.2, 0.25) is 0 Å². The van der Waals surface area contributed by atoms with E-state index in [0.717, 1.165) is 27.0 Å². The van der Waals surface area contributed by atoms with Crippen LogP contribution in [-0.4, -0.2) is 39.9 Å². The molecule has 0 aliphatic rings. The zero-order chi connectivity index (χ0) is 24.5. The lowest BCUT2D eigenvalue weighted by Gasteiger charge is -2.17. The van der Waals surface area contributed by atoms with Crippen molar-refractivity contribution in [2.45, 2.75) is 55.0 Å². The summed E-state index contributed by atoms with van der Waals surface area (Å²) in [5, 5.41) is 0. The van der Waals surface area contributed by atoms with Gasteiger partial charge in [0.2, 0.25) is 0 Å². The second-order valence-electron chi connectivity index (χ2n) is 7.93. The van der Waals surface area contributed by atoms with Gasteiger partial charge in [0, 0.05) is 45.1 Å². The lowest BCUT2D eigenvalue weighted by molar-refractivity contribution is -0.0617. The first-order valence-corrected chi connectivity index (χ1v) is 12.9. The van der Waals surface area contributed by atoms with Crippen LogP contribution in [0.1, 0.15) is 27.7 Å². The SMILES string of the molecule is CCOC(C)Oc1cccc([S+](c2ccc(N(C)C)cc2)c2cccc(OC(C)OCC)c2)c1. The Hall–Kier alpha value is -2.67. The number of nitrogens with zero attached hydrogens (tertiary/aromatic N) is 1. The molecule has 5 nitrogen and oxygen atoms in total. The van der Waals surface area contributed by atoms with Crippen molar-refractivity contribution < 1.29 is 18.9 Å². The molecule has 182 valence electrons. The lowest BCUT2D eigenvalue weighted by Crippen LogP contribution is -2.16. The molecule has 6 heteroatoms. The zero-order valence-corrected chi connectivity index (χ0v) is 21.8. The van der Waals surface area contributed by atoms with Crippen LogP contribution in [0, 0.1) is 0 Å². The fourth-order valence-corrected chi connectivity index (χ4v) is 5.68. The maximum absolute atomic E-state index is 6.01. The van der Waals surface area contributed by atoms with Gasteiger partial charge in [0.05, 0.1) is 10.9 Å². The van der Waals surface area contributed by atoms with E-state index in [9.17, 15) is 0 Å². The monoisotopic (exact) mass is 482 g/mol. The molecule has 0 aliphatic heterocycles. The number of ether oxygens (including phenoxy) is 4. The van der Waals surface area contributed by atoms with Gasteiger partial charge in [0.25, 0.3) is 0 Å². The van der Waals surface area contributed by atoms with Gasteiger partial charge >= 0.3 is 0 Å². The van der Waals surface area contributed by atoms with E-state index in [2.05, 4.69) is 67.5 Å². The highest BCUT2D eigenvalue weighted by Gasteiger charge is 2.30. The Labute approximate surface area is 207 Å². The molecule has 0 aromatic heterocycles. The Bertz CT molecular complexity index is 967. The van der Waals surface area contributed by atoms with E-state index in [1.807, 2.05) is 52.0 Å². The molecule has 0 spiro atoms. The summed E-state index contributed by atoms with van der Waals surface area (Å²) in [6.45, 7) is 8.97. The van der Waals surface area contributed by atoms with E-state index in [1.165, 1.54) is 4.90 Å². The topological polar surface area (TPSA) is 40.2 Å². The Kier molecular flexibility index (Phi) is 9.69. The summed E-state index contributed by atoms with van der Waals surface area (Å²) < 4.78 is 23.2. The molecule has 3 rings (SSSR count). The molecule has 0 aliphatic carbocycles. The van der Waals surface area contributed by atoms with Crippen molar-refractivity contribution in [3.8, 4) is 11.5 Å². The Morgan fingerprint density at radius 1 is 0.676 bits per heavy atom. The molecular weight excluding hydrogens is 446 g/mol. The average Bonchev–Trinajstić information content (AvgIpc) is 2.80. The van der Waals surface area contributed by atoms with Crippen molar-refractivity contribution in [3.63, 3.8) is 0 Å². The van der Waals surface area contributed by atoms with Crippen molar-refractivity contribution in [1.82, 2.24) is 0 Å². The van der Waals surface area contributed by atoms with Crippen molar-refractivity contribution in [2.75, 3.05) is 32.2 Å². The van der Waals surface area contributed by atoms with E-state index in [0.29, 0.717) is 13.2 Å². The molecule has 3 aromatic rings. The second-order valence-corrected chi connectivity index (χ2v) is 9.95. The van der Waals surface area contributed by atoms with Crippen molar-refractivity contribution in [3.05, 3.63) is 72.8 Å². The fraction of sp³-hybridized carbons (Fsp3) is 0.357. The van der Waals surface area contributed by atoms with E-state index in [-0.39, 0.29) is 23.5 Å². The minimum Gasteiger partial charge on any atom is -0.465 e. The summed E-state index contributed by atoms with van der Waals surface area (Å²) in [6.07, 6.45) is -0.614. The van der Waals surface area contributed by atoms with Gasteiger partial charge in [-0.25, -0.2) is 0 Å². The molecule has 0 saturated heterocycles. The third-order valence-electron chi connectivity index (χ3n) is 5.08. The molecule has 0 bridgehead atoms. The van der Waals surface area contributed by atoms with Gasteiger partial charge in [0.15, 0.2) is 27.3 Å². The highest BCUT2D eigenvalue weighted by molar-refractivity contribution is 7.97. The minimum absolute atomic E-state index is 0.307. The smallest absolute Gasteiger partial charge is 0.196 e. The Morgan fingerprint density at radius 3 is 1.56 bits per heavy atom. The average molecular weight is 483 g/mol. The van der Waals surface area contributed by atoms with Crippen LogP contribution in [0.4, 0.5) is 5.69 Å². The summed E-state index contributed by atoms with van der Waals surface area (Å²) in [6, 6.07) is 25.2. The largest absolute Gasteiger partial charge is 0.465 e. The number of hydrogen-bond donors (Lipinski definition) is 0. The minimum atomic E-state index is -0.354. The predicted octanol–water partition coefficient (Wildman–Crippen LogP) is 6.37. The van der Waals surface area contributed by atoms with E-state index in [4.69, 9.17) is 18.9 Å². The molecule has 0 N–H and O–H groups in total. The molecular formula is C28H36NO4S+. The van der Waals surface area contributed by atoms with Crippen LogP contribution >= 0.6 is 0 Å². The molecule has 0 fully saturated rings. The maximum atomic E-state index is 6.01. The van der Waals surface area contributed by atoms with Crippen LogP contribution in [0.15, 0.2) is 87.5 Å². The van der Waals surface area contributed by atoms with Crippen LogP contribution in [0.3, 0.4) is 0 Å². The van der Waals surface area contributed by atoms with Crippen LogP contribution in [0.5, 0.6) is 11.5 Å². The predicted molar refractivity (Wildman–Crippen MR) is 139 cm³/mol. The van der Waals surface area contributed by atoms with Gasteiger partial charge in [-0.15, -0.1) is 0 Å². The molecule has 2 atom stereocenters. The summed E-state index contributed by atoms with van der Waals surface area (Å²) >= 11 is 0. The molecule has 0 amide bonds. The van der Waals surface area contributed by atoms with Gasteiger partial charge in [-0.3, -0.25) is 0 Å². The molecule has 0 saturated carbocycles. The zero-order valence-electron chi connectivity index (χ0n) is 21.0. The first-order chi connectivity index (χ1) is 16.4. The van der Waals surface area contributed by atoms with Crippen LogP contribution < -0.4 is 14.4 Å². The Morgan fingerprint density at radius 2 is 1.15 bits per heavy atom. The summed E-state index contributed by atoms with van der Waals surface area (Å²) in [7, 11) is 3.75. The van der Waals surface area contributed by atoms with Gasteiger partial charge in [-0.2, -0.15) is 0 Å². The molecule has 3 aromatic carbocycles. The fourth-order valence-electron chi connectivity index (χ4n) is 3.56. The number of benzene rings is 3. The lowest BCUT2D eigenvalue weighted by atomic mass is 10.3. The molecule has 34 heavy (non-hydrogen) atoms. The van der Waals surface area contributed by atoms with Crippen molar-refractivity contribution >= 4 is 16.6 Å². The van der Waals surface area contributed by atoms with E-state index < -0.39 is 0 Å². The number of hydrogen-bond acceptors (Lipinski definition) is 5. The Balaban J connectivity index is 2.01. The van der Waals surface area contributed by atoms with Gasteiger partial charge < -0.3 is 23.8 Å². The number of rotatable bonds is 12. The van der Waals surface area contributed by atoms with Crippen molar-refractivity contribution in [1.29, 1.82) is 0 Å². The molecule has 0 radical (unpaired) electrons. The van der Waals surface area contributed by atoms with Gasteiger partial charge in [-0.1, -0.05) is 12.1 Å². The van der Waals surface area contributed by atoms with Gasteiger partial charge in [0.1, 0.15) is 11.5 Å². The first kappa shape index (κ1) is 25.9. The second kappa shape index (κ2) is 12.7. The standard InChI is InChI=1S/C28H36NO4S/c1-7-30-21(3)32-24-11-9-13-27(19-24)34(26-17-15-23(16-18-26)29(5)6)28-14-10-12-25(20-28)33-22(4)31-8-2/h9-22H,7-8H2,1-6H3/q+1. The van der Waals surface area contributed by atoms with Gasteiger partial charge in [-0.05, 0) is 76.2 Å². The summed E-state index contributed by atoms with van der Waals surface area (Å²) in [5.74, 6) is 1.58. The molecule has 2 unspecified atom stereocenters. The summed E-state index contributed by atoms with van der Waals surface area (Å²) in [5.41, 5.74) is 1.16. The van der Waals surface area contributed by atoms with E-state index >= 15 is 0 Å². The third-order valence-corrected chi connectivity index (χ3v) is 7.27. The van der Waals surface area contributed by atoms with Crippen molar-refractivity contribution in [2.24, 2.45) is 0 Å². The molecule has 0 heterocycles. The highest BCUT2D eigenvalue weighted by atomic mass is 32.2. The van der Waals surface area contributed by atoms with E-state index in [1.54, 1.807) is 0 Å². The third kappa shape index (κ3) is 7.16. The normalized spacial score (nSPS) is 13.7.